The van der Waals surface area contributed by atoms with Gasteiger partial charge in [-0.25, -0.2) is 27.3 Å². The lowest BCUT2D eigenvalue weighted by molar-refractivity contribution is 0.145. The maximum absolute atomic E-state index is 12.4. The van der Waals surface area contributed by atoms with E-state index in [-0.39, 0.29) is 0 Å². The van der Waals surface area contributed by atoms with Crippen molar-refractivity contribution in [1.29, 1.82) is 0 Å². The lowest BCUT2D eigenvalue weighted by Crippen LogP contribution is -2.15. The molecule has 1 rings (SSSR count). The van der Waals surface area contributed by atoms with Gasteiger partial charge in [-0.3, -0.25) is 0 Å². The second kappa shape index (κ2) is 4.48. The van der Waals surface area contributed by atoms with Crippen molar-refractivity contribution in [1.82, 2.24) is 4.98 Å². The number of aromatic nitrogens is 1. The SMILES string of the molecule is COc1nc(C(F)F)c(Cl)cc1S(N)(=O)=O. The molecule has 2 N–H and O–H groups in total. The number of halogens is 3. The van der Waals surface area contributed by atoms with Crippen molar-refractivity contribution in [2.45, 2.75) is 11.3 Å². The molecule has 0 atom stereocenters. The van der Waals surface area contributed by atoms with Gasteiger partial charge in [-0.15, -0.1) is 0 Å². The van der Waals surface area contributed by atoms with E-state index in [9.17, 15) is 17.2 Å². The number of methoxy groups -OCH3 is 1. The Balaban J connectivity index is 3.51. The van der Waals surface area contributed by atoms with E-state index < -0.39 is 37.9 Å². The number of nitrogens with zero attached hydrogens (tertiary/aromatic N) is 1. The molecule has 1 aromatic heterocycles. The van der Waals surface area contributed by atoms with Crippen LogP contribution in [0.15, 0.2) is 11.0 Å². The predicted molar refractivity (Wildman–Crippen MR) is 52.1 cm³/mol. The zero-order valence-electron chi connectivity index (χ0n) is 7.95. The van der Waals surface area contributed by atoms with Crippen LogP contribution in [-0.4, -0.2) is 20.5 Å². The fourth-order valence-corrected chi connectivity index (χ4v) is 1.92. The van der Waals surface area contributed by atoms with Gasteiger partial charge in [0.1, 0.15) is 10.6 Å². The number of pyridine rings is 1. The van der Waals surface area contributed by atoms with Gasteiger partial charge in [-0.05, 0) is 6.07 Å². The number of hydrogen-bond acceptors (Lipinski definition) is 4. The molecule has 5 nitrogen and oxygen atoms in total. The monoisotopic (exact) mass is 272 g/mol. The van der Waals surface area contributed by atoms with Crippen molar-refractivity contribution in [2.24, 2.45) is 5.14 Å². The van der Waals surface area contributed by atoms with Crippen molar-refractivity contribution in [2.75, 3.05) is 7.11 Å². The summed E-state index contributed by atoms with van der Waals surface area (Å²) in [6.07, 6.45) is -2.93. The summed E-state index contributed by atoms with van der Waals surface area (Å²) >= 11 is 5.44. The van der Waals surface area contributed by atoms with Crippen LogP contribution in [0.4, 0.5) is 8.78 Å². The summed E-state index contributed by atoms with van der Waals surface area (Å²) in [5.74, 6) is -0.512. The molecular formula is C7H7ClF2N2O3S. The van der Waals surface area contributed by atoms with Gasteiger partial charge in [0, 0.05) is 0 Å². The van der Waals surface area contributed by atoms with Crippen molar-refractivity contribution in [3.8, 4) is 5.88 Å². The Morgan fingerprint density at radius 2 is 2.12 bits per heavy atom. The lowest BCUT2D eigenvalue weighted by Gasteiger charge is -2.09. The van der Waals surface area contributed by atoms with E-state index in [0.717, 1.165) is 13.2 Å². The summed E-state index contributed by atoms with van der Waals surface area (Å²) in [4.78, 5) is 2.76. The lowest BCUT2D eigenvalue weighted by atomic mass is 10.3. The van der Waals surface area contributed by atoms with E-state index in [2.05, 4.69) is 9.72 Å². The van der Waals surface area contributed by atoms with Crippen LogP contribution in [0.1, 0.15) is 12.1 Å². The molecule has 90 valence electrons. The fraction of sp³-hybridized carbons (Fsp3) is 0.286. The van der Waals surface area contributed by atoms with Gasteiger partial charge in [0.15, 0.2) is 0 Å². The molecule has 0 amide bonds. The molecule has 0 aromatic carbocycles. The van der Waals surface area contributed by atoms with Crippen molar-refractivity contribution < 1.29 is 21.9 Å². The molecule has 9 heteroatoms. The Morgan fingerprint density at radius 3 is 2.50 bits per heavy atom. The van der Waals surface area contributed by atoms with Crippen LogP contribution in [0.3, 0.4) is 0 Å². The number of hydrogen-bond donors (Lipinski definition) is 1. The van der Waals surface area contributed by atoms with E-state index in [0.29, 0.717) is 0 Å². The summed E-state index contributed by atoms with van der Waals surface area (Å²) in [6, 6.07) is 0.782. The average molecular weight is 273 g/mol. The molecule has 0 spiro atoms. The average Bonchev–Trinajstić information content (AvgIpc) is 2.15. The molecule has 0 fully saturated rings. The maximum atomic E-state index is 12.4. The van der Waals surface area contributed by atoms with Gasteiger partial charge in [-0.2, -0.15) is 0 Å². The molecule has 0 saturated heterocycles. The minimum atomic E-state index is -4.13. The molecule has 1 aromatic rings. The van der Waals surface area contributed by atoms with E-state index in [4.69, 9.17) is 16.7 Å². The topological polar surface area (TPSA) is 82.3 Å². The molecule has 0 saturated carbocycles. The molecule has 0 aliphatic heterocycles. The van der Waals surface area contributed by atoms with Gasteiger partial charge in [-0.1, -0.05) is 11.6 Å². The first-order valence-electron chi connectivity index (χ1n) is 3.82. The van der Waals surface area contributed by atoms with E-state index in [1.165, 1.54) is 0 Å². The van der Waals surface area contributed by atoms with Gasteiger partial charge in [0.05, 0.1) is 12.1 Å². The van der Waals surface area contributed by atoms with Crippen LogP contribution in [0, 0.1) is 0 Å². The molecule has 0 bridgehead atoms. The third-order valence-electron chi connectivity index (χ3n) is 1.64. The third kappa shape index (κ3) is 2.57. The number of sulfonamides is 1. The van der Waals surface area contributed by atoms with E-state index in [1.807, 2.05) is 0 Å². The number of alkyl halides is 2. The largest absolute Gasteiger partial charge is 0.480 e. The number of primary sulfonamides is 1. The van der Waals surface area contributed by atoms with E-state index >= 15 is 0 Å². The molecule has 0 unspecified atom stereocenters. The van der Waals surface area contributed by atoms with Crippen molar-refractivity contribution in [3.05, 3.63) is 16.8 Å². The van der Waals surface area contributed by atoms with Gasteiger partial charge in [0.25, 0.3) is 6.43 Å². The highest BCUT2D eigenvalue weighted by Gasteiger charge is 2.23. The summed E-state index contributed by atoms with van der Waals surface area (Å²) in [6.45, 7) is 0. The Morgan fingerprint density at radius 1 is 1.56 bits per heavy atom. The highest BCUT2D eigenvalue weighted by molar-refractivity contribution is 7.89. The smallest absolute Gasteiger partial charge is 0.281 e. The quantitative estimate of drug-likeness (QED) is 0.900. The van der Waals surface area contributed by atoms with Crippen molar-refractivity contribution >= 4 is 21.6 Å². The molecule has 16 heavy (non-hydrogen) atoms. The van der Waals surface area contributed by atoms with Crippen LogP contribution in [-0.2, 0) is 10.0 Å². The zero-order chi connectivity index (χ0) is 12.5. The Kier molecular flexibility index (Phi) is 3.66. The van der Waals surface area contributed by atoms with Crippen LogP contribution in [0.25, 0.3) is 0 Å². The first kappa shape index (κ1) is 13.1. The second-order valence-corrected chi connectivity index (χ2v) is 4.65. The van der Waals surface area contributed by atoms with Gasteiger partial charge in [0.2, 0.25) is 15.9 Å². The minimum absolute atomic E-state index is 0.486. The Labute approximate surface area is 95.2 Å². The van der Waals surface area contributed by atoms with Gasteiger partial charge < -0.3 is 4.74 Å². The minimum Gasteiger partial charge on any atom is -0.480 e. The molecule has 0 aliphatic carbocycles. The normalized spacial score (nSPS) is 11.9. The summed E-state index contributed by atoms with van der Waals surface area (Å²) in [7, 11) is -3.04. The number of rotatable bonds is 3. The van der Waals surface area contributed by atoms with Gasteiger partial charge >= 0.3 is 0 Å². The molecule has 0 radical (unpaired) electrons. The number of nitrogens with two attached hydrogens (primary N) is 1. The summed E-state index contributed by atoms with van der Waals surface area (Å²) < 4.78 is 51.4. The highest BCUT2D eigenvalue weighted by Crippen LogP contribution is 2.31. The zero-order valence-corrected chi connectivity index (χ0v) is 9.52. The van der Waals surface area contributed by atoms with Crippen molar-refractivity contribution in [3.63, 3.8) is 0 Å². The Bertz CT molecular complexity index is 507. The van der Waals surface area contributed by atoms with Crippen LogP contribution in [0.5, 0.6) is 5.88 Å². The maximum Gasteiger partial charge on any atom is 0.281 e. The first-order chi connectivity index (χ1) is 7.27. The second-order valence-electron chi connectivity index (χ2n) is 2.71. The third-order valence-corrected chi connectivity index (χ3v) is 2.85. The standard InChI is InChI=1S/C7H7ClF2N2O3S/c1-15-7-4(16(11,13)14)2-3(8)5(12-7)6(9)10/h2,6H,1H3,(H2,11,13,14). The molecular weight excluding hydrogens is 266 g/mol. The van der Waals surface area contributed by atoms with Crippen LogP contribution < -0.4 is 9.88 Å². The fourth-order valence-electron chi connectivity index (χ4n) is 0.972. The van der Waals surface area contributed by atoms with Crippen LogP contribution >= 0.6 is 11.6 Å². The molecule has 1 heterocycles. The molecule has 0 aliphatic rings. The summed E-state index contributed by atoms with van der Waals surface area (Å²) in [5.41, 5.74) is -0.758. The number of ether oxygens (including phenoxy) is 1. The highest BCUT2D eigenvalue weighted by atomic mass is 35.5. The van der Waals surface area contributed by atoms with Crippen LogP contribution in [0.2, 0.25) is 5.02 Å². The summed E-state index contributed by atoms with van der Waals surface area (Å²) in [5, 5.41) is 4.35. The predicted octanol–water partition coefficient (Wildman–Crippen LogP) is 1.33. The Hall–Kier alpha value is -0.990. The van der Waals surface area contributed by atoms with E-state index in [1.54, 1.807) is 0 Å². The first-order valence-corrected chi connectivity index (χ1v) is 5.75.